The molecular formula is C23H18ClN3O4S2. The number of methoxy groups -OCH3 is 1. The molecule has 3 aromatic carbocycles. The number of sulfonamides is 1. The van der Waals surface area contributed by atoms with Crippen LogP contribution in [0.4, 0.5) is 10.8 Å². The monoisotopic (exact) mass is 499 g/mol. The number of nitrogens with zero attached hydrogens (tertiary/aromatic N) is 1. The number of aromatic nitrogens is 1. The van der Waals surface area contributed by atoms with Crippen LogP contribution in [0, 0.1) is 0 Å². The number of hydrogen-bond donors (Lipinski definition) is 2. The largest absolute Gasteiger partial charge is 0.496 e. The predicted octanol–water partition coefficient (Wildman–Crippen LogP) is 5.53. The van der Waals surface area contributed by atoms with Crippen molar-refractivity contribution in [1.29, 1.82) is 0 Å². The van der Waals surface area contributed by atoms with Crippen molar-refractivity contribution in [1.82, 2.24) is 4.98 Å². The highest BCUT2D eigenvalue weighted by atomic mass is 35.5. The van der Waals surface area contributed by atoms with Gasteiger partial charge in [0.2, 0.25) is 0 Å². The zero-order chi connectivity index (χ0) is 23.4. The fourth-order valence-electron chi connectivity index (χ4n) is 3.03. The third kappa shape index (κ3) is 5.33. The third-order valence-electron chi connectivity index (χ3n) is 4.61. The average molecular weight is 500 g/mol. The first-order valence-corrected chi connectivity index (χ1v) is 12.4. The van der Waals surface area contributed by atoms with Gasteiger partial charge in [0.1, 0.15) is 5.75 Å². The molecule has 0 fully saturated rings. The number of ether oxygens (including phenoxy) is 1. The fourth-order valence-corrected chi connectivity index (χ4v) is 4.92. The first-order chi connectivity index (χ1) is 15.9. The second kappa shape index (κ2) is 9.62. The van der Waals surface area contributed by atoms with E-state index in [4.69, 9.17) is 16.3 Å². The minimum Gasteiger partial charge on any atom is -0.496 e. The van der Waals surface area contributed by atoms with E-state index in [1.54, 1.807) is 53.9 Å². The number of hydrogen-bond acceptors (Lipinski definition) is 6. The summed E-state index contributed by atoms with van der Waals surface area (Å²) in [4.78, 5) is 17.2. The van der Waals surface area contributed by atoms with Gasteiger partial charge in [-0.25, -0.2) is 13.4 Å². The Balaban J connectivity index is 1.51. The summed E-state index contributed by atoms with van der Waals surface area (Å²) in [7, 11) is -2.27. The van der Waals surface area contributed by atoms with Crippen molar-refractivity contribution in [2.45, 2.75) is 4.90 Å². The molecule has 0 aliphatic heterocycles. The molecule has 1 amide bonds. The highest BCUT2D eigenvalue weighted by Gasteiger charge is 2.16. The van der Waals surface area contributed by atoms with Gasteiger partial charge in [-0.05, 0) is 48.5 Å². The van der Waals surface area contributed by atoms with Crippen molar-refractivity contribution in [3.05, 3.63) is 88.8 Å². The van der Waals surface area contributed by atoms with E-state index < -0.39 is 10.0 Å². The second-order valence-electron chi connectivity index (χ2n) is 6.83. The standard InChI is InChI=1S/C23H18ClN3O4S2/c1-31-21-8-3-2-7-19(21)22(28)26-23-25-20(14-32-23)15-5-4-6-17(13-15)27-33(29,30)18-11-9-16(24)10-12-18/h2-14,27H,1H3,(H,25,26,28). The fraction of sp³-hybridized carbons (Fsp3) is 0.0435. The Kier molecular flexibility index (Phi) is 6.64. The van der Waals surface area contributed by atoms with Gasteiger partial charge in [-0.2, -0.15) is 0 Å². The molecule has 0 aliphatic carbocycles. The number of carbonyl (C=O) groups is 1. The van der Waals surface area contributed by atoms with Crippen LogP contribution in [0.2, 0.25) is 5.02 Å². The Labute approximate surface area is 200 Å². The number of carbonyl (C=O) groups excluding carboxylic acids is 1. The molecule has 0 spiro atoms. The van der Waals surface area contributed by atoms with E-state index in [1.165, 1.54) is 42.7 Å². The molecule has 168 valence electrons. The van der Waals surface area contributed by atoms with Gasteiger partial charge in [0, 0.05) is 21.7 Å². The maximum absolute atomic E-state index is 12.6. The van der Waals surface area contributed by atoms with Crippen molar-refractivity contribution in [3.63, 3.8) is 0 Å². The molecule has 0 atom stereocenters. The highest BCUT2D eigenvalue weighted by Crippen LogP contribution is 2.29. The van der Waals surface area contributed by atoms with E-state index in [2.05, 4.69) is 15.0 Å². The van der Waals surface area contributed by atoms with Crippen LogP contribution in [0.3, 0.4) is 0 Å². The molecular weight excluding hydrogens is 482 g/mol. The van der Waals surface area contributed by atoms with Gasteiger partial charge in [0.25, 0.3) is 15.9 Å². The zero-order valence-electron chi connectivity index (χ0n) is 17.3. The molecule has 7 nitrogen and oxygen atoms in total. The molecule has 33 heavy (non-hydrogen) atoms. The Morgan fingerprint density at radius 3 is 2.55 bits per heavy atom. The lowest BCUT2D eigenvalue weighted by atomic mass is 10.1. The number of anilines is 2. The van der Waals surface area contributed by atoms with Crippen molar-refractivity contribution in [2.75, 3.05) is 17.1 Å². The number of para-hydroxylation sites is 1. The summed E-state index contributed by atoms with van der Waals surface area (Å²) in [5.41, 5.74) is 2.08. The van der Waals surface area contributed by atoms with Gasteiger partial charge in [-0.1, -0.05) is 35.9 Å². The van der Waals surface area contributed by atoms with Crippen LogP contribution in [0.25, 0.3) is 11.3 Å². The molecule has 0 aliphatic rings. The lowest BCUT2D eigenvalue weighted by Gasteiger charge is -2.09. The maximum atomic E-state index is 12.6. The number of rotatable bonds is 7. The molecule has 4 rings (SSSR count). The average Bonchev–Trinajstić information content (AvgIpc) is 3.27. The van der Waals surface area contributed by atoms with Crippen LogP contribution in [-0.2, 0) is 10.0 Å². The van der Waals surface area contributed by atoms with E-state index in [0.717, 1.165) is 0 Å². The van der Waals surface area contributed by atoms with E-state index in [-0.39, 0.29) is 10.8 Å². The molecule has 4 aromatic rings. The highest BCUT2D eigenvalue weighted by molar-refractivity contribution is 7.92. The lowest BCUT2D eigenvalue weighted by molar-refractivity contribution is 0.102. The number of benzene rings is 3. The minimum absolute atomic E-state index is 0.104. The van der Waals surface area contributed by atoms with Gasteiger partial charge in [0.05, 0.1) is 23.3 Å². The number of nitrogens with one attached hydrogen (secondary N) is 2. The molecule has 0 saturated carbocycles. The predicted molar refractivity (Wildman–Crippen MR) is 131 cm³/mol. The number of thiazole rings is 1. The van der Waals surface area contributed by atoms with E-state index in [0.29, 0.717) is 38.4 Å². The molecule has 1 heterocycles. The van der Waals surface area contributed by atoms with Crippen LogP contribution >= 0.6 is 22.9 Å². The van der Waals surface area contributed by atoms with Crippen molar-refractivity contribution < 1.29 is 17.9 Å². The smallest absolute Gasteiger partial charge is 0.261 e. The second-order valence-corrected chi connectivity index (χ2v) is 9.81. The summed E-state index contributed by atoms with van der Waals surface area (Å²) in [6.07, 6.45) is 0. The summed E-state index contributed by atoms with van der Waals surface area (Å²) < 4.78 is 33.1. The summed E-state index contributed by atoms with van der Waals surface area (Å²) in [5.74, 6) is 0.130. The molecule has 0 unspecified atom stereocenters. The van der Waals surface area contributed by atoms with Crippen LogP contribution in [-0.4, -0.2) is 26.4 Å². The van der Waals surface area contributed by atoms with Gasteiger partial charge >= 0.3 is 0 Å². The molecule has 0 bridgehead atoms. The Hall–Kier alpha value is -3.40. The lowest BCUT2D eigenvalue weighted by Crippen LogP contribution is -2.13. The summed E-state index contributed by atoms with van der Waals surface area (Å²) >= 11 is 7.10. The van der Waals surface area contributed by atoms with Crippen LogP contribution in [0.15, 0.2) is 83.1 Å². The van der Waals surface area contributed by atoms with Crippen molar-refractivity contribution >= 4 is 49.7 Å². The van der Waals surface area contributed by atoms with Gasteiger partial charge < -0.3 is 4.74 Å². The van der Waals surface area contributed by atoms with Crippen LogP contribution < -0.4 is 14.8 Å². The normalized spacial score (nSPS) is 11.1. The molecule has 10 heteroatoms. The van der Waals surface area contributed by atoms with Crippen molar-refractivity contribution in [2.24, 2.45) is 0 Å². The molecule has 0 saturated heterocycles. The van der Waals surface area contributed by atoms with Crippen LogP contribution in [0.5, 0.6) is 5.75 Å². The summed E-state index contributed by atoms with van der Waals surface area (Å²) in [6.45, 7) is 0. The molecule has 2 N–H and O–H groups in total. The maximum Gasteiger partial charge on any atom is 0.261 e. The first kappa shape index (κ1) is 22.8. The summed E-state index contributed by atoms with van der Waals surface area (Å²) in [6, 6.07) is 19.7. The van der Waals surface area contributed by atoms with E-state index >= 15 is 0 Å². The zero-order valence-corrected chi connectivity index (χ0v) is 19.7. The first-order valence-electron chi connectivity index (χ1n) is 9.64. The minimum atomic E-state index is -3.77. The molecule has 0 radical (unpaired) electrons. The SMILES string of the molecule is COc1ccccc1C(=O)Nc1nc(-c2cccc(NS(=O)(=O)c3ccc(Cl)cc3)c2)cs1. The van der Waals surface area contributed by atoms with Crippen molar-refractivity contribution in [3.8, 4) is 17.0 Å². The van der Waals surface area contributed by atoms with E-state index in [1.807, 2.05) is 0 Å². The number of halogens is 1. The quantitative estimate of drug-likeness (QED) is 0.348. The van der Waals surface area contributed by atoms with Gasteiger partial charge in [-0.3, -0.25) is 14.8 Å². The summed E-state index contributed by atoms with van der Waals surface area (Å²) in [5, 5.41) is 5.41. The Morgan fingerprint density at radius 2 is 1.79 bits per heavy atom. The topological polar surface area (TPSA) is 97.4 Å². The van der Waals surface area contributed by atoms with Gasteiger partial charge in [0.15, 0.2) is 5.13 Å². The molecule has 1 aromatic heterocycles. The number of amides is 1. The van der Waals surface area contributed by atoms with Gasteiger partial charge in [-0.15, -0.1) is 11.3 Å². The van der Waals surface area contributed by atoms with Crippen LogP contribution in [0.1, 0.15) is 10.4 Å². The Bertz CT molecular complexity index is 1400. The third-order valence-corrected chi connectivity index (χ3v) is 7.02. The Morgan fingerprint density at radius 1 is 1.03 bits per heavy atom. The van der Waals surface area contributed by atoms with E-state index in [9.17, 15) is 13.2 Å².